The van der Waals surface area contributed by atoms with E-state index >= 15 is 0 Å². The lowest BCUT2D eigenvalue weighted by Gasteiger charge is -2.38. The first-order valence-electron chi connectivity index (χ1n) is 13.5. The Morgan fingerprint density at radius 3 is 2.23 bits per heavy atom. The highest BCUT2D eigenvalue weighted by Gasteiger charge is 2.49. The molecule has 0 aliphatic carbocycles. The van der Waals surface area contributed by atoms with E-state index in [9.17, 15) is 27.6 Å². The smallest absolute Gasteiger partial charge is 0.338 e. The molecule has 2 aromatic carbocycles. The number of likely N-dealkylation sites (N-methyl/N-ethyl adjacent to an activating group) is 2. The van der Waals surface area contributed by atoms with Crippen LogP contribution in [0.5, 0.6) is 0 Å². The van der Waals surface area contributed by atoms with Crippen LogP contribution in [0.1, 0.15) is 42.6 Å². The zero-order valence-electron chi connectivity index (χ0n) is 22.4. The number of hydrogen-bond acceptors (Lipinski definition) is 4. The molecule has 8 nitrogen and oxygen atoms in total. The molecule has 3 aliphatic rings. The standard InChI is InChI=1S/C29H32F3N5O3/c1-3-34-14-16-35(17-15-34)27(39)25(19-10-6-5-7-11-19)37-18-22-23(26(37)38)24(33-28(40)36(22)4-2)20-12-8-9-13-21(20)29(30,31)32/h5-13,24-25H,3-4,14-18H2,1-2H3,(H,33,40)/t24-,25-/m0/s1. The van der Waals surface area contributed by atoms with Crippen molar-refractivity contribution in [3.63, 3.8) is 0 Å². The van der Waals surface area contributed by atoms with E-state index in [1.807, 2.05) is 6.07 Å². The number of halogens is 3. The highest BCUT2D eigenvalue weighted by Crippen LogP contribution is 2.43. The monoisotopic (exact) mass is 555 g/mol. The van der Waals surface area contributed by atoms with E-state index in [1.165, 1.54) is 28.0 Å². The number of piperazine rings is 1. The van der Waals surface area contributed by atoms with Crippen molar-refractivity contribution in [2.45, 2.75) is 32.1 Å². The number of hydrogen-bond donors (Lipinski definition) is 1. The SMILES string of the molecule is CCN1CCN(C(=O)[C@H](c2ccccc2)N2CC3=C(C2=O)[C@H](c2ccccc2C(F)(F)F)NC(=O)N3CC)CC1. The summed E-state index contributed by atoms with van der Waals surface area (Å²) in [5.41, 5.74) is -0.147. The number of alkyl halides is 3. The van der Waals surface area contributed by atoms with Gasteiger partial charge in [-0.25, -0.2) is 4.79 Å². The van der Waals surface area contributed by atoms with Crippen LogP contribution in [0.2, 0.25) is 0 Å². The summed E-state index contributed by atoms with van der Waals surface area (Å²) < 4.78 is 42.0. The quantitative estimate of drug-likeness (QED) is 0.589. The van der Waals surface area contributed by atoms with Gasteiger partial charge < -0.3 is 20.0 Å². The van der Waals surface area contributed by atoms with Gasteiger partial charge in [-0.1, -0.05) is 55.5 Å². The van der Waals surface area contributed by atoms with Crippen LogP contribution in [0.3, 0.4) is 0 Å². The molecule has 1 saturated heterocycles. The zero-order chi connectivity index (χ0) is 28.6. The van der Waals surface area contributed by atoms with E-state index in [4.69, 9.17) is 0 Å². The second-order valence-electron chi connectivity index (χ2n) is 10.1. The van der Waals surface area contributed by atoms with Crippen LogP contribution in [0.15, 0.2) is 65.9 Å². The number of rotatable bonds is 6. The van der Waals surface area contributed by atoms with Gasteiger partial charge in [0.05, 0.1) is 29.4 Å². The predicted molar refractivity (Wildman–Crippen MR) is 142 cm³/mol. The molecule has 0 saturated carbocycles. The Labute approximate surface area is 231 Å². The topological polar surface area (TPSA) is 76.2 Å². The number of carbonyl (C=O) groups excluding carboxylic acids is 3. The molecule has 3 heterocycles. The Kier molecular flexibility index (Phi) is 7.59. The maximum absolute atomic E-state index is 14.2. The summed E-state index contributed by atoms with van der Waals surface area (Å²) in [5.74, 6) is -0.811. The fourth-order valence-corrected chi connectivity index (χ4v) is 5.85. The van der Waals surface area contributed by atoms with Crippen LogP contribution >= 0.6 is 0 Å². The molecule has 11 heteroatoms. The predicted octanol–water partition coefficient (Wildman–Crippen LogP) is 3.79. The molecular formula is C29H32F3N5O3. The molecule has 5 rings (SSSR count). The molecule has 0 radical (unpaired) electrons. The normalized spacial score (nSPS) is 21.0. The van der Waals surface area contributed by atoms with Crippen molar-refractivity contribution in [1.29, 1.82) is 0 Å². The van der Waals surface area contributed by atoms with E-state index in [0.717, 1.165) is 12.6 Å². The molecule has 2 aromatic rings. The third-order valence-electron chi connectivity index (χ3n) is 7.94. The Balaban J connectivity index is 1.56. The molecule has 40 heavy (non-hydrogen) atoms. The summed E-state index contributed by atoms with van der Waals surface area (Å²) in [7, 11) is 0. The minimum absolute atomic E-state index is 0.0580. The van der Waals surface area contributed by atoms with Gasteiger partial charge in [-0.3, -0.25) is 14.5 Å². The second kappa shape index (κ2) is 11.0. The van der Waals surface area contributed by atoms with Gasteiger partial charge >= 0.3 is 12.2 Å². The lowest BCUT2D eigenvalue weighted by Crippen LogP contribution is -2.52. The van der Waals surface area contributed by atoms with Crippen molar-refractivity contribution in [2.75, 3.05) is 45.8 Å². The molecule has 1 N–H and O–H groups in total. The lowest BCUT2D eigenvalue weighted by molar-refractivity contribution is -0.144. The van der Waals surface area contributed by atoms with E-state index in [2.05, 4.69) is 17.1 Å². The molecule has 4 amide bonds. The minimum Gasteiger partial charge on any atom is -0.338 e. The van der Waals surface area contributed by atoms with Crippen LogP contribution in [-0.4, -0.2) is 83.3 Å². The van der Waals surface area contributed by atoms with Crippen LogP contribution < -0.4 is 5.32 Å². The average molecular weight is 556 g/mol. The molecule has 0 spiro atoms. The number of nitrogens with zero attached hydrogens (tertiary/aromatic N) is 4. The largest absolute Gasteiger partial charge is 0.416 e. The first kappa shape index (κ1) is 27.7. The van der Waals surface area contributed by atoms with Crippen LogP contribution in [-0.2, 0) is 15.8 Å². The second-order valence-corrected chi connectivity index (χ2v) is 10.1. The first-order valence-corrected chi connectivity index (χ1v) is 13.5. The number of carbonyl (C=O) groups is 3. The Morgan fingerprint density at radius 2 is 1.60 bits per heavy atom. The summed E-state index contributed by atoms with van der Waals surface area (Å²) in [6.07, 6.45) is -4.69. The number of urea groups is 1. The molecule has 3 aliphatic heterocycles. The first-order chi connectivity index (χ1) is 19.2. The van der Waals surface area contributed by atoms with Gasteiger partial charge in [0, 0.05) is 32.7 Å². The Bertz CT molecular complexity index is 1320. The van der Waals surface area contributed by atoms with E-state index in [0.29, 0.717) is 37.4 Å². The summed E-state index contributed by atoms with van der Waals surface area (Å²) in [6, 6.07) is 11.0. The lowest BCUT2D eigenvalue weighted by atomic mass is 9.91. The average Bonchev–Trinajstić information content (AvgIpc) is 3.29. The summed E-state index contributed by atoms with van der Waals surface area (Å²) >= 11 is 0. The minimum atomic E-state index is -4.69. The molecule has 1 fully saturated rings. The molecular weight excluding hydrogens is 523 g/mol. The summed E-state index contributed by atoms with van der Waals surface area (Å²) in [5, 5.41) is 2.63. The fourth-order valence-electron chi connectivity index (χ4n) is 5.85. The third kappa shape index (κ3) is 4.94. The van der Waals surface area contributed by atoms with E-state index in [1.54, 1.807) is 36.1 Å². The molecule has 0 bridgehead atoms. The Hall–Kier alpha value is -3.86. The van der Waals surface area contributed by atoms with Crippen molar-refractivity contribution in [3.05, 3.63) is 82.6 Å². The number of benzene rings is 2. The molecule has 0 aromatic heterocycles. The summed E-state index contributed by atoms with van der Waals surface area (Å²) in [4.78, 5) is 48.1. The Morgan fingerprint density at radius 1 is 0.950 bits per heavy atom. The van der Waals surface area contributed by atoms with Gasteiger partial charge in [-0.15, -0.1) is 0 Å². The highest BCUT2D eigenvalue weighted by molar-refractivity contribution is 6.04. The maximum Gasteiger partial charge on any atom is 0.416 e. The van der Waals surface area contributed by atoms with Crippen LogP contribution in [0.4, 0.5) is 18.0 Å². The van der Waals surface area contributed by atoms with Gasteiger partial charge in [0.2, 0.25) is 5.91 Å². The number of nitrogens with one attached hydrogen (secondary N) is 1. The van der Waals surface area contributed by atoms with Gasteiger partial charge in [-0.2, -0.15) is 13.2 Å². The molecule has 2 atom stereocenters. The van der Waals surface area contributed by atoms with E-state index in [-0.39, 0.29) is 30.1 Å². The van der Waals surface area contributed by atoms with Crippen molar-refractivity contribution in [2.24, 2.45) is 0 Å². The van der Waals surface area contributed by atoms with Crippen molar-refractivity contribution >= 4 is 17.8 Å². The van der Waals surface area contributed by atoms with Crippen LogP contribution in [0, 0.1) is 0 Å². The summed E-state index contributed by atoms with van der Waals surface area (Å²) in [6.45, 7) is 7.25. The molecule has 212 valence electrons. The van der Waals surface area contributed by atoms with Crippen LogP contribution in [0.25, 0.3) is 0 Å². The maximum atomic E-state index is 14.2. The van der Waals surface area contributed by atoms with Crippen molar-refractivity contribution < 1.29 is 27.6 Å². The van der Waals surface area contributed by atoms with Crippen molar-refractivity contribution in [1.82, 2.24) is 24.9 Å². The van der Waals surface area contributed by atoms with Gasteiger partial charge in [0.15, 0.2) is 0 Å². The van der Waals surface area contributed by atoms with Gasteiger partial charge in [-0.05, 0) is 30.7 Å². The zero-order valence-corrected chi connectivity index (χ0v) is 22.4. The van der Waals surface area contributed by atoms with Crippen molar-refractivity contribution in [3.8, 4) is 0 Å². The third-order valence-corrected chi connectivity index (χ3v) is 7.94. The number of amides is 4. The van der Waals surface area contributed by atoms with E-state index < -0.39 is 35.8 Å². The fraction of sp³-hybridized carbons (Fsp3) is 0.414. The highest BCUT2D eigenvalue weighted by atomic mass is 19.4. The van der Waals surface area contributed by atoms with Gasteiger partial charge in [0.25, 0.3) is 5.91 Å². The molecule has 0 unspecified atom stereocenters. The van der Waals surface area contributed by atoms with Gasteiger partial charge in [0.1, 0.15) is 6.04 Å².